The third kappa shape index (κ3) is 3.04. The van der Waals surface area contributed by atoms with Crippen LogP contribution in [0.4, 0.5) is 0 Å². The summed E-state index contributed by atoms with van der Waals surface area (Å²) < 4.78 is 27.0. The van der Waals surface area contributed by atoms with Crippen molar-refractivity contribution in [2.45, 2.75) is 24.7 Å². The lowest BCUT2D eigenvalue weighted by atomic mass is 10.4. The van der Waals surface area contributed by atoms with Crippen LogP contribution in [0.5, 0.6) is 0 Å². The van der Waals surface area contributed by atoms with Gasteiger partial charge in [0.15, 0.2) is 0 Å². The van der Waals surface area contributed by atoms with Gasteiger partial charge >= 0.3 is 0 Å². The minimum Gasteiger partial charge on any atom is -0.242 e. The second-order valence-corrected chi connectivity index (χ2v) is 7.52. The quantitative estimate of drug-likeness (QED) is 0.765. The number of pyridine rings is 1. The van der Waals surface area contributed by atoms with Crippen molar-refractivity contribution in [1.29, 1.82) is 0 Å². The molecule has 0 saturated heterocycles. The fraction of sp³-hybridized carbons (Fsp3) is 0.545. The van der Waals surface area contributed by atoms with Crippen LogP contribution in [-0.2, 0) is 10.0 Å². The first-order chi connectivity index (χ1) is 8.45. The van der Waals surface area contributed by atoms with Crippen LogP contribution in [0.3, 0.4) is 0 Å². The van der Waals surface area contributed by atoms with E-state index in [1.54, 1.807) is 0 Å². The van der Waals surface area contributed by atoms with E-state index in [4.69, 9.17) is 11.6 Å². The monoisotopic (exact) mass is 352 g/mol. The van der Waals surface area contributed by atoms with Crippen molar-refractivity contribution in [3.05, 3.63) is 21.9 Å². The molecule has 0 aromatic carbocycles. The third-order valence-corrected chi connectivity index (χ3v) is 5.70. The second-order valence-electron chi connectivity index (χ2n) is 4.34. The SMILES string of the molecule is CCN(CC1CC1)S(=O)(=O)c1cc(Br)cnc1Cl. The maximum atomic E-state index is 12.5. The molecular formula is C11H14BrClN2O2S. The van der Waals surface area contributed by atoms with Crippen molar-refractivity contribution < 1.29 is 8.42 Å². The molecule has 1 saturated carbocycles. The average Bonchev–Trinajstić information content (AvgIpc) is 3.12. The van der Waals surface area contributed by atoms with E-state index in [0.29, 0.717) is 23.5 Å². The molecule has 1 heterocycles. The molecule has 1 aliphatic carbocycles. The molecule has 1 aromatic heterocycles. The van der Waals surface area contributed by atoms with E-state index >= 15 is 0 Å². The average molecular weight is 354 g/mol. The molecule has 1 aliphatic rings. The molecular weight excluding hydrogens is 340 g/mol. The van der Waals surface area contributed by atoms with E-state index in [0.717, 1.165) is 12.8 Å². The number of sulfonamides is 1. The summed E-state index contributed by atoms with van der Waals surface area (Å²) >= 11 is 9.12. The fourth-order valence-electron chi connectivity index (χ4n) is 1.71. The number of rotatable bonds is 5. The Morgan fingerprint density at radius 1 is 1.56 bits per heavy atom. The molecule has 0 N–H and O–H groups in total. The predicted molar refractivity (Wildman–Crippen MR) is 74.1 cm³/mol. The van der Waals surface area contributed by atoms with Crippen molar-refractivity contribution in [3.8, 4) is 0 Å². The van der Waals surface area contributed by atoms with Crippen LogP contribution in [0, 0.1) is 5.92 Å². The van der Waals surface area contributed by atoms with Gasteiger partial charge in [0.2, 0.25) is 10.0 Å². The smallest absolute Gasteiger partial charge is 0.242 e. The largest absolute Gasteiger partial charge is 0.246 e. The van der Waals surface area contributed by atoms with E-state index in [-0.39, 0.29) is 10.0 Å². The zero-order valence-corrected chi connectivity index (χ0v) is 13.1. The van der Waals surface area contributed by atoms with Crippen molar-refractivity contribution >= 4 is 37.6 Å². The highest BCUT2D eigenvalue weighted by Gasteiger charge is 2.32. The minimum absolute atomic E-state index is 0.0208. The van der Waals surface area contributed by atoms with Gasteiger partial charge in [-0.3, -0.25) is 0 Å². The lowest BCUT2D eigenvalue weighted by molar-refractivity contribution is 0.412. The zero-order valence-electron chi connectivity index (χ0n) is 9.94. The number of hydrogen-bond donors (Lipinski definition) is 0. The molecule has 1 fully saturated rings. The van der Waals surface area contributed by atoms with Gasteiger partial charge in [0.1, 0.15) is 10.0 Å². The summed E-state index contributed by atoms with van der Waals surface area (Å²) in [4.78, 5) is 3.94. The Bertz CT molecular complexity index is 546. The van der Waals surface area contributed by atoms with Crippen LogP contribution in [0.15, 0.2) is 21.6 Å². The molecule has 0 bridgehead atoms. The highest BCUT2D eigenvalue weighted by molar-refractivity contribution is 9.10. The Morgan fingerprint density at radius 3 is 2.78 bits per heavy atom. The number of nitrogens with zero attached hydrogens (tertiary/aromatic N) is 2. The molecule has 18 heavy (non-hydrogen) atoms. The highest BCUT2D eigenvalue weighted by Crippen LogP contribution is 2.33. The molecule has 4 nitrogen and oxygen atoms in total. The molecule has 2 rings (SSSR count). The van der Waals surface area contributed by atoms with Crippen molar-refractivity contribution in [2.75, 3.05) is 13.1 Å². The summed E-state index contributed by atoms with van der Waals surface area (Å²) in [7, 11) is -3.55. The van der Waals surface area contributed by atoms with E-state index in [1.807, 2.05) is 6.92 Å². The van der Waals surface area contributed by atoms with E-state index in [1.165, 1.54) is 16.6 Å². The van der Waals surface area contributed by atoms with Gasteiger partial charge in [-0.25, -0.2) is 13.4 Å². The normalized spacial score (nSPS) is 16.2. The Hall–Kier alpha value is -0.170. The summed E-state index contributed by atoms with van der Waals surface area (Å²) in [5, 5.41) is 0.0208. The first-order valence-electron chi connectivity index (χ1n) is 5.76. The van der Waals surface area contributed by atoms with Crippen LogP contribution >= 0.6 is 27.5 Å². The van der Waals surface area contributed by atoms with Gasteiger partial charge < -0.3 is 0 Å². The number of halogens is 2. The van der Waals surface area contributed by atoms with E-state index in [2.05, 4.69) is 20.9 Å². The molecule has 7 heteroatoms. The summed E-state index contributed by atoms with van der Waals surface area (Å²) in [6.07, 6.45) is 3.70. The lowest BCUT2D eigenvalue weighted by Crippen LogP contribution is -2.33. The van der Waals surface area contributed by atoms with Crippen LogP contribution in [0.1, 0.15) is 19.8 Å². The van der Waals surface area contributed by atoms with Crippen LogP contribution in [0.25, 0.3) is 0 Å². The molecule has 100 valence electrons. The predicted octanol–water partition coefficient (Wildman–Crippen LogP) is 2.92. The van der Waals surface area contributed by atoms with Crippen LogP contribution in [0.2, 0.25) is 5.15 Å². The van der Waals surface area contributed by atoms with E-state index in [9.17, 15) is 8.42 Å². The lowest BCUT2D eigenvalue weighted by Gasteiger charge is -2.20. The summed E-state index contributed by atoms with van der Waals surface area (Å²) in [6.45, 7) is 2.85. The fourth-order valence-corrected chi connectivity index (χ4v) is 4.15. The molecule has 0 atom stereocenters. The zero-order chi connectivity index (χ0) is 13.3. The van der Waals surface area contributed by atoms with Crippen molar-refractivity contribution in [1.82, 2.24) is 9.29 Å². The van der Waals surface area contributed by atoms with Gasteiger partial charge in [-0.1, -0.05) is 18.5 Å². The topological polar surface area (TPSA) is 50.3 Å². The first kappa shape index (κ1) is 14.2. The van der Waals surface area contributed by atoms with Gasteiger partial charge in [-0.2, -0.15) is 4.31 Å². The molecule has 0 aliphatic heterocycles. The molecule has 0 amide bonds. The third-order valence-electron chi connectivity index (χ3n) is 2.90. The number of aromatic nitrogens is 1. The van der Waals surface area contributed by atoms with Gasteiger partial charge in [0.25, 0.3) is 0 Å². The maximum Gasteiger partial charge on any atom is 0.246 e. The standard InChI is InChI=1S/C11H14BrClN2O2S/c1-2-15(7-8-3-4-8)18(16,17)10-5-9(12)6-14-11(10)13/h5-6,8H,2-4,7H2,1H3. The van der Waals surface area contributed by atoms with Gasteiger partial charge in [0.05, 0.1) is 0 Å². The molecule has 0 radical (unpaired) electrons. The van der Waals surface area contributed by atoms with Gasteiger partial charge in [-0.05, 0) is 40.8 Å². The maximum absolute atomic E-state index is 12.5. The molecule has 1 aromatic rings. The van der Waals surface area contributed by atoms with Crippen LogP contribution in [-0.4, -0.2) is 30.8 Å². The van der Waals surface area contributed by atoms with E-state index < -0.39 is 10.0 Å². The Balaban J connectivity index is 2.35. The van der Waals surface area contributed by atoms with Gasteiger partial charge in [0, 0.05) is 23.8 Å². The molecule has 0 spiro atoms. The van der Waals surface area contributed by atoms with Crippen molar-refractivity contribution in [3.63, 3.8) is 0 Å². The van der Waals surface area contributed by atoms with Crippen LogP contribution < -0.4 is 0 Å². The second kappa shape index (κ2) is 5.45. The Labute approximate surface area is 121 Å². The summed E-state index contributed by atoms with van der Waals surface area (Å²) in [6, 6.07) is 1.50. The molecule has 0 unspecified atom stereocenters. The number of hydrogen-bond acceptors (Lipinski definition) is 3. The highest BCUT2D eigenvalue weighted by atomic mass is 79.9. The minimum atomic E-state index is -3.55. The van der Waals surface area contributed by atoms with Gasteiger partial charge in [-0.15, -0.1) is 0 Å². The van der Waals surface area contributed by atoms with Crippen molar-refractivity contribution in [2.24, 2.45) is 5.92 Å². The first-order valence-corrected chi connectivity index (χ1v) is 8.37. The summed E-state index contributed by atoms with van der Waals surface area (Å²) in [5.74, 6) is 0.499. The Morgan fingerprint density at radius 2 is 2.22 bits per heavy atom. The summed E-state index contributed by atoms with van der Waals surface area (Å²) in [5.41, 5.74) is 0. The Kier molecular flexibility index (Phi) is 4.31.